The summed E-state index contributed by atoms with van der Waals surface area (Å²) in [6.07, 6.45) is 1.87. The molecular formula is C23H36N2O4. The van der Waals surface area contributed by atoms with Crippen LogP contribution in [0.15, 0.2) is 18.2 Å². The van der Waals surface area contributed by atoms with Gasteiger partial charge in [-0.2, -0.15) is 0 Å². The molecule has 0 bridgehead atoms. The monoisotopic (exact) mass is 404 g/mol. The largest absolute Gasteiger partial charge is 0.493 e. The third-order valence-corrected chi connectivity index (χ3v) is 6.76. The van der Waals surface area contributed by atoms with Crippen molar-refractivity contribution in [3.8, 4) is 11.5 Å². The van der Waals surface area contributed by atoms with Crippen LogP contribution in [0.4, 0.5) is 0 Å². The highest BCUT2D eigenvalue weighted by Crippen LogP contribution is 2.47. The minimum absolute atomic E-state index is 0.0139. The molecule has 1 amide bonds. The lowest BCUT2D eigenvalue weighted by atomic mass is 9.72. The van der Waals surface area contributed by atoms with E-state index in [2.05, 4.69) is 0 Å². The highest BCUT2D eigenvalue weighted by atomic mass is 16.5. The van der Waals surface area contributed by atoms with Gasteiger partial charge >= 0.3 is 0 Å². The number of carbonyl (C=O) groups excluding carboxylic acids is 1. The maximum atomic E-state index is 12.9. The second-order valence-corrected chi connectivity index (χ2v) is 9.39. The molecule has 1 aliphatic carbocycles. The van der Waals surface area contributed by atoms with E-state index in [0.717, 1.165) is 11.3 Å². The number of rotatable bonds is 8. The third-order valence-electron chi connectivity index (χ3n) is 6.76. The number of hydrogen-bond donors (Lipinski definition) is 2. The van der Waals surface area contributed by atoms with Crippen LogP contribution in [0.5, 0.6) is 11.5 Å². The number of hydrogen-bond acceptors (Lipinski definition) is 5. The van der Waals surface area contributed by atoms with Crippen LogP contribution >= 0.6 is 0 Å². The van der Waals surface area contributed by atoms with E-state index in [1.807, 2.05) is 43.9 Å². The van der Waals surface area contributed by atoms with Crippen LogP contribution in [0.3, 0.4) is 0 Å². The maximum Gasteiger partial charge on any atom is 0.239 e. The van der Waals surface area contributed by atoms with Crippen molar-refractivity contribution >= 4 is 5.91 Å². The highest BCUT2D eigenvalue weighted by molar-refractivity contribution is 5.82. The highest BCUT2D eigenvalue weighted by Gasteiger charge is 2.49. The minimum atomic E-state index is -0.571. The Hall–Kier alpha value is -1.79. The van der Waals surface area contributed by atoms with Crippen LogP contribution in [-0.4, -0.2) is 54.9 Å². The van der Waals surface area contributed by atoms with Gasteiger partial charge in [-0.05, 0) is 49.3 Å². The van der Waals surface area contributed by atoms with E-state index in [1.54, 1.807) is 14.0 Å². The van der Waals surface area contributed by atoms with Gasteiger partial charge in [-0.3, -0.25) is 4.79 Å². The van der Waals surface area contributed by atoms with Crippen LogP contribution < -0.4 is 15.2 Å². The van der Waals surface area contributed by atoms with E-state index in [4.69, 9.17) is 15.2 Å². The Kier molecular flexibility index (Phi) is 6.44. The third kappa shape index (κ3) is 4.53. The van der Waals surface area contributed by atoms with Gasteiger partial charge in [0.1, 0.15) is 0 Å². The summed E-state index contributed by atoms with van der Waals surface area (Å²) < 4.78 is 11.5. The van der Waals surface area contributed by atoms with Crippen LogP contribution in [-0.2, 0) is 4.79 Å². The van der Waals surface area contributed by atoms with Crippen molar-refractivity contribution in [3.63, 3.8) is 0 Å². The number of benzene rings is 1. The molecule has 29 heavy (non-hydrogen) atoms. The van der Waals surface area contributed by atoms with Gasteiger partial charge in [0.15, 0.2) is 11.5 Å². The molecule has 0 spiro atoms. The summed E-state index contributed by atoms with van der Waals surface area (Å²) >= 11 is 0. The van der Waals surface area contributed by atoms with Crippen molar-refractivity contribution in [2.45, 2.75) is 58.6 Å². The van der Waals surface area contributed by atoms with Crippen LogP contribution in [0.25, 0.3) is 0 Å². The normalized spacial score (nSPS) is 26.5. The first-order valence-electron chi connectivity index (χ1n) is 10.7. The fourth-order valence-corrected chi connectivity index (χ4v) is 4.10. The van der Waals surface area contributed by atoms with Crippen molar-refractivity contribution in [1.82, 2.24) is 4.90 Å². The number of aliphatic hydroxyl groups is 1. The van der Waals surface area contributed by atoms with Gasteiger partial charge in [0, 0.05) is 24.4 Å². The molecule has 1 aromatic rings. The number of ether oxygens (including phenoxy) is 2. The molecule has 1 aliphatic heterocycles. The van der Waals surface area contributed by atoms with Gasteiger partial charge in [0.05, 0.1) is 25.9 Å². The lowest BCUT2D eigenvalue weighted by Gasteiger charge is -2.34. The van der Waals surface area contributed by atoms with E-state index >= 15 is 0 Å². The first kappa shape index (κ1) is 21.9. The lowest BCUT2D eigenvalue weighted by Crippen LogP contribution is -2.46. The van der Waals surface area contributed by atoms with Crippen LogP contribution in [0.1, 0.15) is 52.0 Å². The minimum Gasteiger partial charge on any atom is -0.493 e. The number of likely N-dealkylation sites (tertiary alicyclic amines) is 1. The zero-order chi connectivity index (χ0) is 21.3. The van der Waals surface area contributed by atoms with E-state index in [-0.39, 0.29) is 17.7 Å². The molecule has 2 fully saturated rings. The van der Waals surface area contributed by atoms with Crippen molar-refractivity contribution < 1.29 is 19.4 Å². The molecular weight excluding hydrogens is 368 g/mol. The number of amides is 1. The molecule has 1 saturated carbocycles. The van der Waals surface area contributed by atoms with Crippen molar-refractivity contribution in [2.24, 2.45) is 23.0 Å². The molecule has 0 unspecified atom stereocenters. The Morgan fingerprint density at radius 3 is 2.55 bits per heavy atom. The van der Waals surface area contributed by atoms with Gasteiger partial charge in [-0.25, -0.2) is 0 Å². The summed E-state index contributed by atoms with van der Waals surface area (Å²) in [4.78, 5) is 14.7. The predicted octanol–water partition coefficient (Wildman–Crippen LogP) is 2.78. The number of carbonyl (C=O) groups is 1. The van der Waals surface area contributed by atoms with E-state index < -0.39 is 17.6 Å². The van der Waals surface area contributed by atoms with E-state index in [0.29, 0.717) is 31.4 Å². The molecule has 2 aliphatic rings. The fraction of sp³-hybridized carbons (Fsp3) is 0.696. The van der Waals surface area contributed by atoms with Crippen molar-refractivity contribution in [1.29, 1.82) is 0 Å². The van der Waals surface area contributed by atoms with Gasteiger partial charge in [0.25, 0.3) is 0 Å². The molecule has 0 aromatic heterocycles. The fourth-order valence-electron chi connectivity index (χ4n) is 4.10. The zero-order valence-electron chi connectivity index (χ0n) is 18.4. The topological polar surface area (TPSA) is 85.0 Å². The second kappa shape index (κ2) is 8.52. The van der Waals surface area contributed by atoms with Crippen LogP contribution in [0.2, 0.25) is 0 Å². The maximum absolute atomic E-state index is 12.9. The summed E-state index contributed by atoms with van der Waals surface area (Å²) in [5, 5.41) is 10.6. The Bertz CT molecular complexity index is 732. The van der Waals surface area contributed by atoms with Crippen molar-refractivity contribution in [2.75, 3.05) is 26.8 Å². The Labute approximate surface area is 174 Å². The summed E-state index contributed by atoms with van der Waals surface area (Å²) in [5.74, 6) is 2.09. The smallest absolute Gasteiger partial charge is 0.239 e. The van der Waals surface area contributed by atoms with Crippen molar-refractivity contribution in [3.05, 3.63) is 23.8 Å². The molecule has 0 radical (unpaired) electrons. The standard InChI is InChI=1S/C23H36N2O4/c1-14(2)21(24)22(27)25-11-18(23(4,13-25)15(3)26)17-8-9-19(28-5)20(10-17)29-12-16-6-7-16/h8-10,14-16,18,21,26H,6-7,11-13,24H2,1-5H3/t15-,18+,21-,23+/m1/s1. The second-order valence-electron chi connectivity index (χ2n) is 9.39. The zero-order valence-corrected chi connectivity index (χ0v) is 18.4. The molecule has 1 aromatic carbocycles. The van der Waals surface area contributed by atoms with E-state index in [1.165, 1.54) is 12.8 Å². The predicted molar refractivity (Wildman–Crippen MR) is 113 cm³/mol. The first-order valence-corrected chi connectivity index (χ1v) is 10.7. The molecule has 3 N–H and O–H groups in total. The molecule has 6 heteroatoms. The molecule has 1 saturated heterocycles. The van der Waals surface area contributed by atoms with Gasteiger partial charge in [-0.1, -0.05) is 26.8 Å². The lowest BCUT2D eigenvalue weighted by molar-refractivity contribution is -0.133. The van der Waals surface area contributed by atoms with Gasteiger partial charge < -0.3 is 25.2 Å². The number of aliphatic hydroxyl groups excluding tert-OH is 1. The molecule has 4 atom stereocenters. The average Bonchev–Trinajstić information content (AvgIpc) is 3.45. The summed E-state index contributed by atoms with van der Waals surface area (Å²) in [7, 11) is 1.64. The molecule has 1 heterocycles. The number of nitrogens with zero attached hydrogens (tertiary/aromatic N) is 1. The van der Waals surface area contributed by atoms with Gasteiger partial charge in [0.2, 0.25) is 5.91 Å². The SMILES string of the molecule is COc1ccc([C@@H]2CN(C(=O)[C@H](N)C(C)C)C[C@@]2(C)[C@@H](C)O)cc1OCC1CC1. The number of methoxy groups -OCH3 is 1. The molecule has 6 nitrogen and oxygen atoms in total. The molecule has 162 valence electrons. The molecule has 3 rings (SSSR count). The summed E-state index contributed by atoms with van der Waals surface area (Å²) in [5.41, 5.74) is 6.72. The average molecular weight is 405 g/mol. The summed E-state index contributed by atoms with van der Waals surface area (Å²) in [6, 6.07) is 5.43. The van der Waals surface area contributed by atoms with Gasteiger partial charge in [-0.15, -0.1) is 0 Å². The van der Waals surface area contributed by atoms with Crippen LogP contribution in [0, 0.1) is 17.3 Å². The Morgan fingerprint density at radius 2 is 2.00 bits per heavy atom. The Morgan fingerprint density at radius 1 is 1.31 bits per heavy atom. The number of nitrogens with two attached hydrogens (primary N) is 1. The first-order chi connectivity index (χ1) is 13.7. The Balaban J connectivity index is 1.88. The van der Waals surface area contributed by atoms with E-state index in [9.17, 15) is 9.90 Å². The summed E-state index contributed by atoms with van der Waals surface area (Å²) in [6.45, 7) is 9.48. The quantitative estimate of drug-likeness (QED) is 0.696.